The molecule has 1 aromatic carbocycles. The molecule has 1 heterocycles. The van der Waals surface area contributed by atoms with Gasteiger partial charge in [-0.05, 0) is 24.6 Å². The molecule has 0 amide bonds. The standard InChI is InChI=1S/C11H10O2S/c1-2-9-5-10-7(6-12)3-8(13)4-11(10)14-9/h3-6,13H,2H2,1H3. The number of aryl methyl sites for hydroxylation is 1. The van der Waals surface area contributed by atoms with E-state index in [0.717, 1.165) is 22.8 Å². The molecule has 1 N–H and O–H groups in total. The molecule has 0 aliphatic heterocycles. The Morgan fingerprint density at radius 3 is 2.86 bits per heavy atom. The Labute approximate surface area is 85.8 Å². The van der Waals surface area contributed by atoms with E-state index in [2.05, 4.69) is 6.92 Å². The lowest BCUT2D eigenvalue weighted by Crippen LogP contribution is -1.79. The molecule has 0 saturated carbocycles. The number of carbonyl (C=O) groups is 1. The van der Waals surface area contributed by atoms with Gasteiger partial charge in [-0.1, -0.05) is 6.92 Å². The maximum absolute atomic E-state index is 10.8. The van der Waals surface area contributed by atoms with Crippen LogP contribution in [0.3, 0.4) is 0 Å². The lowest BCUT2D eigenvalue weighted by Gasteiger charge is -1.95. The van der Waals surface area contributed by atoms with Gasteiger partial charge >= 0.3 is 0 Å². The van der Waals surface area contributed by atoms with E-state index in [1.807, 2.05) is 6.07 Å². The molecule has 0 aliphatic rings. The Morgan fingerprint density at radius 1 is 1.43 bits per heavy atom. The Kier molecular flexibility index (Phi) is 2.25. The molecule has 72 valence electrons. The fourth-order valence-corrected chi connectivity index (χ4v) is 2.55. The zero-order valence-electron chi connectivity index (χ0n) is 7.78. The van der Waals surface area contributed by atoms with Crippen molar-refractivity contribution >= 4 is 27.7 Å². The highest BCUT2D eigenvalue weighted by Gasteiger charge is 2.06. The zero-order chi connectivity index (χ0) is 10.1. The number of aromatic hydroxyl groups is 1. The summed E-state index contributed by atoms with van der Waals surface area (Å²) in [6.45, 7) is 2.07. The SMILES string of the molecule is CCc1cc2c(C=O)cc(O)cc2s1. The maximum atomic E-state index is 10.8. The summed E-state index contributed by atoms with van der Waals surface area (Å²) in [5, 5.41) is 10.3. The van der Waals surface area contributed by atoms with Crippen LogP contribution in [0.5, 0.6) is 5.75 Å². The number of thiophene rings is 1. The van der Waals surface area contributed by atoms with Gasteiger partial charge in [-0.2, -0.15) is 0 Å². The number of fused-ring (bicyclic) bond motifs is 1. The molecule has 2 aromatic rings. The summed E-state index contributed by atoms with van der Waals surface area (Å²) in [6, 6.07) is 5.22. The van der Waals surface area contributed by atoms with E-state index in [-0.39, 0.29) is 5.75 Å². The van der Waals surface area contributed by atoms with E-state index in [4.69, 9.17) is 0 Å². The number of phenolic OH excluding ortho intramolecular Hbond substituents is 1. The van der Waals surface area contributed by atoms with Gasteiger partial charge in [0.1, 0.15) is 5.75 Å². The third kappa shape index (κ3) is 1.40. The van der Waals surface area contributed by atoms with Crippen LogP contribution >= 0.6 is 11.3 Å². The Bertz CT molecular complexity index is 485. The Balaban J connectivity index is 2.77. The summed E-state index contributed by atoms with van der Waals surface area (Å²) in [6.07, 6.45) is 1.74. The summed E-state index contributed by atoms with van der Waals surface area (Å²) in [5.41, 5.74) is 0.566. The van der Waals surface area contributed by atoms with Crippen molar-refractivity contribution in [1.82, 2.24) is 0 Å². The highest BCUT2D eigenvalue weighted by atomic mass is 32.1. The first-order chi connectivity index (χ1) is 6.74. The summed E-state index contributed by atoms with van der Waals surface area (Å²) >= 11 is 1.62. The van der Waals surface area contributed by atoms with Gasteiger partial charge in [-0.3, -0.25) is 4.79 Å². The molecule has 14 heavy (non-hydrogen) atoms. The number of hydrogen-bond acceptors (Lipinski definition) is 3. The lowest BCUT2D eigenvalue weighted by atomic mass is 10.1. The summed E-state index contributed by atoms with van der Waals surface area (Å²) < 4.78 is 0.976. The van der Waals surface area contributed by atoms with E-state index < -0.39 is 0 Å². The molecule has 0 fully saturated rings. The van der Waals surface area contributed by atoms with Crippen LogP contribution in [0.2, 0.25) is 0 Å². The number of carbonyl (C=O) groups excluding carboxylic acids is 1. The predicted molar refractivity (Wildman–Crippen MR) is 58.3 cm³/mol. The van der Waals surface area contributed by atoms with Gasteiger partial charge in [-0.15, -0.1) is 11.3 Å². The second-order valence-corrected chi connectivity index (χ2v) is 4.30. The van der Waals surface area contributed by atoms with Gasteiger partial charge < -0.3 is 5.11 Å². The van der Waals surface area contributed by atoms with Crippen molar-refractivity contribution in [2.24, 2.45) is 0 Å². The van der Waals surface area contributed by atoms with Crippen LogP contribution in [0.15, 0.2) is 18.2 Å². The molecule has 3 heteroatoms. The molecule has 2 nitrogen and oxygen atoms in total. The largest absolute Gasteiger partial charge is 0.508 e. The molecule has 0 aliphatic carbocycles. The molecule has 0 saturated heterocycles. The van der Waals surface area contributed by atoms with Crippen molar-refractivity contribution in [3.63, 3.8) is 0 Å². The van der Waals surface area contributed by atoms with Gasteiger partial charge in [-0.25, -0.2) is 0 Å². The quantitative estimate of drug-likeness (QED) is 0.767. The smallest absolute Gasteiger partial charge is 0.150 e. The van der Waals surface area contributed by atoms with E-state index in [9.17, 15) is 9.90 Å². The van der Waals surface area contributed by atoms with Crippen molar-refractivity contribution in [3.05, 3.63) is 28.6 Å². The van der Waals surface area contributed by atoms with E-state index in [0.29, 0.717) is 5.56 Å². The van der Waals surface area contributed by atoms with Crippen LogP contribution in [0.4, 0.5) is 0 Å². The average Bonchev–Trinajstić information content (AvgIpc) is 2.59. The average molecular weight is 206 g/mol. The maximum Gasteiger partial charge on any atom is 0.150 e. The van der Waals surface area contributed by atoms with E-state index in [1.54, 1.807) is 17.4 Å². The number of aldehydes is 1. The highest BCUT2D eigenvalue weighted by Crippen LogP contribution is 2.31. The molecule has 0 atom stereocenters. The molecule has 1 aromatic heterocycles. The molecule has 2 rings (SSSR count). The normalized spacial score (nSPS) is 10.6. The summed E-state index contributed by atoms with van der Waals surface area (Å²) in [7, 11) is 0. The van der Waals surface area contributed by atoms with Crippen molar-refractivity contribution < 1.29 is 9.90 Å². The fraction of sp³-hybridized carbons (Fsp3) is 0.182. The molecule has 0 bridgehead atoms. The first-order valence-corrected chi connectivity index (χ1v) is 5.27. The lowest BCUT2D eigenvalue weighted by molar-refractivity contribution is 0.112. The van der Waals surface area contributed by atoms with E-state index >= 15 is 0 Å². The third-order valence-corrected chi connectivity index (χ3v) is 3.41. The number of phenols is 1. The van der Waals surface area contributed by atoms with Crippen molar-refractivity contribution in [3.8, 4) is 5.75 Å². The molecular weight excluding hydrogens is 196 g/mol. The van der Waals surface area contributed by atoms with Gasteiger partial charge in [0.25, 0.3) is 0 Å². The number of rotatable bonds is 2. The first kappa shape index (κ1) is 9.21. The van der Waals surface area contributed by atoms with Gasteiger partial charge in [0.2, 0.25) is 0 Å². The van der Waals surface area contributed by atoms with Crippen LogP contribution in [0, 0.1) is 0 Å². The minimum absolute atomic E-state index is 0.157. The molecule has 0 radical (unpaired) electrons. The second-order valence-electron chi connectivity index (χ2n) is 3.13. The fourth-order valence-electron chi connectivity index (χ4n) is 1.48. The van der Waals surface area contributed by atoms with E-state index in [1.165, 1.54) is 10.9 Å². The van der Waals surface area contributed by atoms with Gasteiger partial charge in [0.05, 0.1) is 0 Å². The Hall–Kier alpha value is -1.35. The third-order valence-electron chi connectivity index (χ3n) is 2.18. The second kappa shape index (κ2) is 3.42. The van der Waals surface area contributed by atoms with Gasteiger partial charge in [0, 0.05) is 20.5 Å². The monoisotopic (exact) mass is 206 g/mol. The van der Waals surface area contributed by atoms with Crippen molar-refractivity contribution in [1.29, 1.82) is 0 Å². The number of benzene rings is 1. The van der Waals surface area contributed by atoms with Crippen molar-refractivity contribution in [2.75, 3.05) is 0 Å². The first-order valence-electron chi connectivity index (χ1n) is 4.45. The minimum Gasteiger partial charge on any atom is -0.508 e. The minimum atomic E-state index is 0.157. The zero-order valence-corrected chi connectivity index (χ0v) is 8.60. The predicted octanol–water partition coefficient (Wildman–Crippen LogP) is 2.98. The Morgan fingerprint density at radius 2 is 2.21 bits per heavy atom. The number of hydrogen-bond donors (Lipinski definition) is 1. The topological polar surface area (TPSA) is 37.3 Å². The molecular formula is C11H10O2S. The van der Waals surface area contributed by atoms with Gasteiger partial charge in [0.15, 0.2) is 6.29 Å². The molecule has 0 spiro atoms. The molecule has 0 unspecified atom stereocenters. The highest BCUT2D eigenvalue weighted by molar-refractivity contribution is 7.19. The van der Waals surface area contributed by atoms with Crippen LogP contribution in [-0.4, -0.2) is 11.4 Å². The summed E-state index contributed by atoms with van der Waals surface area (Å²) in [5.74, 6) is 0.157. The van der Waals surface area contributed by atoms with Crippen LogP contribution in [0.1, 0.15) is 22.2 Å². The van der Waals surface area contributed by atoms with Crippen molar-refractivity contribution in [2.45, 2.75) is 13.3 Å². The van der Waals surface area contributed by atoms with Crippen LogP contribution < -0.4 is 0 Å². The van der Waals surface area contributed by atoms with Crippen LogP contribution in [-0.2, 0) is 6.42 Å². The summed E-state index contributed by atoms with van der Waals surface area (Å²) in [4.78, 5) is 12.0. The van der Waals surface area contributed by atoms with Crippen LogP contribution in [0.25, 0.3) is 10.1 Å².